The van der Waals surface area contributed by atoms with Gasteiger partial charge in [0.15, 0.2) is 0 Å². The lowest BCUT2D eigenvalue weighted by Crippen LogP contribution is -2.24. The van der Waals surface area contributed by atoms with Crippen molar-refractivity contribution in [3.8, 4) is 0 Å². The lowest BCUT2D eigenvalue weighted by Gasteiger charge is -2.18. The standard InChI is InChI=1S/C9H14O2S2/c1-6-4-12-13-5-8(7(2)10)3-9(6)11/h6,8H,3-5H2,1-2H3/t6-,8-/m1/s1. The molecule has 0 aromatic carbocycles. The Bertz CT molecular complexity index is 216. The molecule has 0 spiro atoms. The van der Waals surface area contributed by atoms with Crippen molar-refractivity contribution in [2.75, 3.05) is 11.5 Å². The number of hydrogen-bond acceptors (Lipinski definition) is 4. The molecule has 0 aliphatic carbocycles. The van der Waals surface area contributed by atoms with Crippen molar-refractivity contribution in [1.82, 2.24) is 0 Å². The summed E-state index contributed by atoms with van der Waals surface area (Å²) in [5, 5.41) is 0. The van der Waals surface area contributed by atoms with Crippen LogP contribution in [0, 0.1) is 11.8 Å². The molecule has 4 heteroatoms. The fraction of sp³-hybridized carbons (Fsp3) is 0.778. The summed E-state index contributed by atoms with van der Waals surface area (Å²) >= 11 is 0. The van der Waals surface area contributed by atoms with Crippen molar-refractivity contribution in [2.45, 2.75) is 20.3 Å². The minimum absolute atomic E-state index is 0.0484. The summed E-state index contributed by atoms with van der Waals surface area (Å²) in [5.74, 6) is 2.13. The van der Waals surface area contributed by atoms with E-state index in [2.05, 4.69) is 0 Å². The zero-order valence-corrected chi connectivity index (χ0v) is 9.54. The molecule has 1 aliphatic rings. The van der Waals surface area contributed by atoms with Crippen molar-refractivity contribution in [1.29, 1.82) is 0 Å². The molecule has 0 saturated carbocycles. The van der Waals surface area contributed by atoms with E-state index in [0.717, 1.165) is 11.5 Å². The molecule has 0 aromatic heterocycles. The van der Waals surface area contributed by atoms with E-state index in [1.54, 1.807) is 28.5 Å². The Kier molecular flexibility index (Phi) is 4.32. The monoisotopic (exact) mass is 218 g/mol. The van der Waals surface area contributed by atoms with Crippen LogP contribution in [0.4, 0.5) is 0 Å². The molecule has 1 aliphatic heterocycles. The van der Waals surface area contributed by atoms with Gasteiger partial charge in [0.25, 0.3) is 0 Å². The van der Waals surface area contributed by atoms with Crippen molar-refractivity contribution in [3.05, 3.63) is 0 Å². The highest BCUT2D eigenvalue weighted by Gasteiger charge is 2.24. The number of carbonyl (C=O) groups excluding carboxylic acids is 2. The summed E-state index contributed by atoms with van der Waals surface area (Å²) in [6.07, 6.45) is 0.448. The predicted octanol–water partition coefficient (Wildman–Crippen LogP) is 2.18. The molecule has 0 unspecified atom stereocenters. The van der Waals surface area contributed by atoms with Gasteiger partial charge >= 0.3 is 0 Å². The second-order valence-electron chi connectivity index (χ2n) is 3.45. The molecule has 13 heavy (non-hydrogen) atoms. The number of carbonyl (C=O) groups is 2. The van der Waals surface area contributed by atoms with Crippen LogP contribution >= 0.6 is 21.6 Å². The fourth-order valence-electron chi connectivity index (χ4n) is 1.14. The Balaban J connectivity index is 2.58. The van der Waals surface area contributed by atoms with Crippen LogP contribution in [0.15, 0.2) is 0 Å². The SMILES string of the molecule is CC(=O)[C@H]1CSSC[C@@H](C)C(=O)C1. The maximum Gasteiger partial charge on any atom is 0.137 e. The molecule has 0 bridgehead atoms. The van der Waals surface area contributed by atoms with Crippen LogP contribution in [0.3, 0.4) is 0 Å². The number of rotatable bonds is 1. The highest BCUT2D eigenvalue weighted by atomic mass is 33.1. The van der Waals surface area contributed by atoms with Crippen LogP contribution in [0.25, 0.3) is 0 Å². The summed E-state index contributed by atoms with van der Waals surface area (Å²) in [4.78, 5) is 22.6. The average Bonchev–Trinajstić information content (AvgIpc) is 2.06. The maximum absolute atomic E-state index is 11.5. The van der Waals surface area contributed by atoms with E-state index in [1.165, 1.54) is 0 Å². The van der Waals surface area contributed by atoms with Crippen LogP contribution in [0.2, 0.25) is 0 Å². The Morgan fingerprint density at radius 3 is 2.62 bits per heavy atom. The van der Waals surface area contributed by atoms with Crippen LogP contribution in [-0.4, -0.2) is 23.1 Å². The highest BCUT2D eigenvalue weighted by Crippen LogP contribution is 2.31. The van der Waals surface area contributed by atoms with E-state index in [4.69, 9.17) is 0 Å². The summed E-state index contributed by atoms with van der Waals surface area (Å²) in [6, 6.07) is 0. The molecule has 1 fully saturated rings. The molecule has 2 atom stereocenters. The minimum Gasteiger partial charge on any atom is -0.300 e. The molecule has 2 nitrogen and oxygen atoms in total. The number of Topliss-reactive ketones (excluding diaryl/α,β-unsaturated/α-hetero) is 2. The van der Waals surface area contributed by atoms with Crippen molar-refractivity contribution in [3.63, 3.8) is 0 Å². The van der Waals surface area contributed by atoms with Crippen LogP contribution in [-0.2, 0) is 9.59 Å². The van der Waals surface area contributed by atoms with Gasteiger partial charge in [-0.3, -0.25) is 9.59 Å². The highest BCUT2D eigenvalue weighted by molar-refractivity contribution is 8.76. The normalized spacial score (nSPS) is 30.8. The third kappa shape index (κ3) is 3.35. The van der Waals surface area contributed by atoms with Gasteiger partial charge in [0, 0.05) is 29.8 Å². The molecular weight excluding hydrogens is 204 g/mol. The zero-order chi connectivity index (χ0) is 9.84. The van der Waals surface area contributed by atoms with E-state index in [9.17, 15) is 9.59 Å². The maximum atomic E-state index is 11.5. The largest absolute Gasteiger partial charge is 0.300 e. The number of ketones is 2. The molecule has 0 radical (unpaired) electrons. The smallest absolute Gasteiger partial charge is 0.137 e. The summed E-state index contributed by atoms with van der Waals surface area (Å²) in [7, 11) is 3.42. The molecule has 0 aromatic rings. The van der Waals surface area contributed by atoms with Gasteiger partial charge in [-0.15, -0.1) is 0 Å². The average molecular weight is 218 g/mol. The second kappa shape index (κ2) is 5.05. The van der Waals surface area contributed by atoms with Gasteiger partial charge in [-0.2, -0.15) is 0 Å². The van der Waals surface area contributed by atoms with Crippen LogP contribution in [0.5, 0.6) is 0 Å². The molecule has 0 amide bonds. The van der Waals surface area contributed by atoms with Gasteiger partial charge in [0.05, 0.1) is 0 Å². The lowest BCUT2D eigenvalue weighted by atomic mass is 9.95. The Labute approximate surface area is 86.6 Å². The molecule has 1 saturated heterocycles. The third-order valence-corrected chi connectivity index (χ3v) is 4.90. The van der Waals surface area contributed by atoms with Gasteiger partial charge in [0.2, 0.25) is 0 Å². The van der Waals surface area contributed by atoms with E-state index in [1.807, 2.05) is 6.92 Å². The van der Waals surface area contributed by atoms with E-state index in [-0.39, 0.29) is 23.4 Å². The first-order valence-corrected chi connectivity index (χ1v) is 6.87. The molecular formula is C9H14O2S2. The zero-order valence-electron chi connectivity index (χ0n) is 7.91. The molecule has 1 heterocycles. The molecule has 74 valence electrons. The Hall–Kier alpha value is 0.0400. The van der Waals surface area contributed by atoms with Gasteiger partial charge in [-0.25, -0.2) is 0 Å². The first kappa shape index (κ1) is 11.1. The lowest BCUT2D eigenvalue weighted by molar-refractivity contribution is -0.127. The minimum atomic E-state index is -0.0484. The van der Waals surface area contributed by atoms with E-state index < -0.39 is 0 Å². The van der Waals surface area contributed by atoms with Crippen LogP contribution < -0.4 is 0 Å². The first-order valence-electron chi connectivity index (χ1n) is 4.39. The predicted molar refractivity (Wildman–Crippen MR) is 57.9 cm³/mol. The third-order valence-electron chi connectivity index (χ3n) is 2.24. The van der Waals surface area contributed by atoms with Gasteiger partial charge < -0.3 is 0 Å². The van der Waals surface area contributed by atoms with E-state index in [0.29, 0.717) is 6.42 Å². The Morgan fingerprint density at radius 2 is 2.00 bits per heavy atom. The van der Waals surface area contributed by atoms with Gasteiger partial charge in [-0.1, -0.05) is 28.5 Å². The van der Waals surface area contributed by atoms with E-state index >= 15 is 0 Å². The van der Waals surface area contributed by atoms with Crippen LogP contribution in [0.1, 0.15) is 20.3 Å². The summed E-state index contributed by atoms with van der Waals surface area (Å²) < 4.78 is 0. The summed E-state index contributed by atoms with van der Waals surface area (Å²) in [6.45, 7) is 3.52. The van der Waals surface area contributed by atoms with Gasteiger partial charge in [0.1, 0.15) is 11.6 Å². The fourth-order valence-corrected chi connectivity index (χ4v) is 3.92. The van der Waals surface area contributed by atoms with Crippen molar-refractivity contribution < 1.29 is 9.59 Å². The summed E-state index contributed by atoms with van der Waals surface area (Å²) in [5.41, 5.74) is 0. The second-order valence-corrected chi connectivity index (χ2v) is 6.00. The van der Waals surface area contributed by atoms with Crippen molar-refractivity contribution >= 4 is 33.2 Å². The molecule has 1 rings (SSSR count). The number of hydrogen-bond donors (Lipinski definition) is 0. The topological polar surface area (TPSA) is 34.1 Å². The quantitative estimate of drug-likeness (QED) is 0.632. The first-order chi connectivity index (χ1) is 6.11. The van der Waals surface area contributed by atoms with Crippen molar-refractivity contribution in [2.24, 2.45) is 11.8 Å². The Morgan fingerprint density at radius 1 is 1.38 bits per heavy atom. The molecule has 0 N–H and O–H groups in total. The van der Waals surface area contributed by atoms with Gasteiger partial charge in [-0.05, 0) is 6.92 Å².